The maximum absolute atomic E-state index is 11.7. The van der Waals surface area contributed by atoms with Crippen molar-refractivity contribution in [1.82, 2.24) is 10.2 Å². The van der Waals surface area contributed by atoms with Crippen LogP contribution in [0.2, 0.25) is 0 Å². The molecule has 88 valence electrons. The molecule has 2 amide bonds. The van der Waals surface area contributed by atoms with Crippen molar-refractivity contribution < 1.29 is 9.59 Å². The second-order valence-corrected chi connectivity index (χ2v) is 3.71. The molecule has 1 aliphatic carbocycles. The zero-order valence-electron chi connectivity index (χ0n) is 9.11. The van der Waals surface area contributed by atoms with Crippen molar-refractivity contribution in [1.29, 1.82) is 5.26 Å². The number of carbonyl (C=O) groups is 2. The fourth-order valence-electron chi connectivity index (χ4n) is 1.42. The van der Waals surface area contributed by atoms with E-state index in [9.17, 15) is 9.59 Å². The van der Waals surface area contributed by atoms with Gasteiger partial charge in [0.15, 0.2) is 0 Å². The first kappa shape index (κ1) is 12.5. The highest BCUT2D eigenvalue weighted by molar-refractivity contribution is 5.85. The maximum Gasteiger partial charge on any atom is 0.242 e. The average Bonchev–Trinajstić information content (AvgIpc) is 3.10. The number of carbonyl (C=O) groups excluding carboxylic acids is 2. The predicted octanol–water partition coefficient (Wildman–Crippen LogP) is -1.03. The molecule has 0 bridgehead atoms. The van der Waals surface area contributed by atoms with E-state index in [0.717, 1.165) is 12.8 Å². The molecule has 0 spiro atoms. The fourth-order valence-corrected chi connectivity index (χ4v) is 1.42. The summed E-state index contributed by atoms with van der Waals surface area (Å²) in [5.41, 5.74) is 5.11. The minimum absolute atomic E-state index is 0.0298. The lowest BCUT2D eigenvalue weighted by atomic mass is 10.3. The molecule has 3 N–H and O–H groups in total. The molecule has 16 heavy (non-hydrogen) atoms. The Bertz CT molecular complexity index is 306. The molecule has 0 unspecified atom stereocenters. The van der Waals surface area contributed by atoms with E-state index >= 15 is 0 Å². The van der Waals surface area contributed by atoms with Crippen LogP contribution in [0.25, 0.3) is 0 Å². The third-order valence-electron chi connectivity index (χ3n) is 2.39. The Labute approximate surface area is 94.4 Å². The minimum Gasteiger partial charge on any atom is -0.346 e. The lowest BCUT2D eigenvalue weighted by Crippen LogP contribution is -2.43. The van der Waals surface area contributed by atoms with Crippen LogP contribution in [0.4, 0.5) is 0 Å². The highest BCUT2D eigenvalue weighted by atomic mass is 16.2. The van der Waals surface area contributed by atoms with E-state index < -0.39 is 0 Å². The minimum atomic E-state index is -0.343. The summed E-state index contributed by atoms with van der Waals surface area (Å²) in [4.78, 5) is 24.3. The smallest absolute Gasteiger partial charge is 0.242 e. The van der Waals surface area contributed by atoms with Crippen molar-refractivity contribution in [3.05, 3.63) is 0 Å². The van der Waals surface area contributed by atoms with Crippen LogP contribution in [0.3, 0.4) is 0 Å². The van der Waals surface area contributed by atoms with Gasteiger partial charge in [-0.2, -0.15) is 5.26 Å². The quantitative estimate of drug-likeness (QED) is 0.602. The number of nitrogens with one attached hydrogen (secondary N) is 1. The molecular weight excluding hydrogens is 208 g/mol. The molecule has 6 nitrogen and oxygen atoms in total. The summed E-state index contributed by atoms with van der Waals surface area (Å²) in [7, 11) is 0. The zero-order chi connectivity index (χ0) is 12.0. The SMILES string of the molecule is N#CCCN(C(=O)CNC(=O)CN)C1CC1. The number of amides is 2. The van der Waals surface area contributed by atoms with Gasteiger partial charge in [0.05, 0.1) is 25.6 Å². The molecule has 0 aromatic rings. The van der Waals surface area contributed by atoms with Crippen molar-refractivity contribution in [3.8, 4) is 6.07 Å². The number of rotatable bonds is 6. The van der Waals surface area contributed by atoms with Crippen LogP contribution in [0.15, 0.2) is 0 Å². The van der Waals surface area contributed by atoms with Crippen molar-refractivity contribution in [2.24, 2.45) is 5.73 Å². The zero-order valence-corrected chi connectivity index (χ0v) is 9.11. The van der Waals surface area contributed by atoms with Crippen LogP contribution in [0.5, 0.6) is 0 Å². The number of nitriles is 1. The molecule has 6 heteroatoms. The molecule has 0 radical (unpaired) electrons. The van der Waals surface area contributed by atoms with Crippen molar-refractivity contribution in [3.63, 3.8) is 0 Å². The van der Waals surface area contributed by atoms with E-state index in [1.54, 1.807) is 4.90 Å². The van der Waals surface area contributed by atoms with Gasteiger partial charge < -0.3 is 16.0 Å². The van der Waals surface area contributed by atoms with E-state index in [1.807, 2.05) is 6.07 Å². The van der Waals surface area contributed by atoms with Gasteiger partial charge in [-0.15, -0.1) is 0 Å². The first-order valence-corrected chi connectivity index (χ1v) is 5.32. The number of hydrogen-bond acceptors (Lipinski definition) is 4. The molecular formula is C10H16N4O2. The van der Waals surface area contributed by atoms with Crippen LogP contribution in [-0.4, -0.2) is 42.4 Å². The Morgan fingerprint density at radius 2 is 2.19 bits per heavy atom. The van der Waals surface area contributed by atoms with Crippen LogP contribution >= 0.6 is 0 Å². The molecule has 1 aliphatic rings. The largest absolute Gasteiger partial charge is 0.346 e. The molecule has 0 atom stereocenters. The Morgan fingerprint density at radius 1 is 1.50 bits per heavy atom. The van der Waals surface area contributed by atoms with Crippen LogP contribution in [-0.2, 0) is 9.59 Å². The average molecular weight is 224 g/mol. The van der Waals surface area contributed by atoms with Gasteiger partial charge in [0.2, 0.25) is 11.8 Å². The van der Waals surface area contributed by atoms with Gasteiger partial charge in [-0.1, -0.05) is 0 Å². The van der Waals surface area contributed by atoms with E-state index in [2.05, 4.69) is 5.32 Å². The van der Waals surface area contributed by atoms with E-state index in [4.69, 9.17) is 11.0 Å². The Hall–Kier alpha value is -1.61. The summed E-state index contributed by atoms with van der Waals surface area (Å²) < 4.78 is 0. The Balaban J connectivity index is 2.35. The van der Waals surface area contributed by atoms with Crippen LogP contribution in [0.1, 0.15) is 19.3 Å². The van der Waals surface area contributed by atoms with Crippen LogP contribution in [0, 0.1) is 11.3 Å². The van der Waals surface area contributed by atoms with Crippen molar-refractivity contribution in [2.75, 3.05) is 19.6 Å². The van der Waals surface area contributed by atoms with Gasteiger partial charge in [0.1, 0.15) is 0 Å². The monoisotopic (exact) mass is 224 g/mol. The lowest BCUT2D eigenvalue weighted by molar-refractivity contribution is -0.133. The number of nitrogens with zero attached hydrogens (tertiary/aromatic N) is 2. The highest BCUT2D eigenvalue weighted by Crippen LogP contribution is 2.26. The van der Waals surface area contributed by atoms with Gasteiger partial charge in [-0.3, -0.25) is 9.59 Å². The summed E-state index contributed by atoms with van der Waals surface area (Å²) >= 11 is 0. The molecule has 0 heterocycles. The first-order valence-electron chi connectivity index (χ1n) is 5.32. The lowest BCUT2D eigenvalue weighted by Gasteiger charge is -2.21. The molecule has 0 aromatic heterocycles. The van der Waals surface area contributed by atoms with E-state index in [1.165, 1.54) is 0 Å². The molecule has 1 fully saturated rings. The van der Waals surface area contributed by atoms with Gasteiger partial charge in [-0.25, -0.2) is 0 Å². The van der Waals surface area contributed by atoms with E-state index in [0.29, 0.717) is 13.0 Å². The van der Waals surface area contributed by atoms with Gasteiger partial charge in [-0.05, 0) is 12.8 Å². The molecule has 0 aromatic carbocycles. The third-order valence-corrected chi connectivity index (χ3v) is 2.39. The van der Waals surface area contributed by atoms with Gasteiger partial charge in [0.25, 0.3) is 0 Å². The standard InChI is InChI=1S/C10H16N4O2/c11-4-1-5-14(8-2-3-8)10(16)7-13-9(15)6-12/h8H,1-3,5-7,12H2,(H,13,15). The second kappa shape index (κ2) is 6.08. The van der Waals surface area contributed by atoms with Crippen LogP contribution < -0.4 is 11.1 Å². The number of hydrogen-bond donors (Lipinski definition) is 2. The summed E-state index contributed by atoms with van der Waals surface area (Å²) in [5.74, 6) is -0.482. The summed E-state index contributed by atoms with van der Waals surface area (Å²) in [6.07, 6.45) is 2.30. The first-order chi connectivity index (χ1) is 7.69. The summed E-state index contributed by atoms with van der Waals surface area (Å²) in [6, 6.07) is 2.27. The second-order valence-electron chi connectivity index (χ2n) is 3.71. The molecule has 1 saturated carbocycles. The Kier molecular flexibility index (Phi) is 4.73. The fraction of sp³-hybridized carbons (Fsp3) is 0.700. The van der Waals surface area contributed by atoms with Gasteiger partial charge in [0, 0.05) is 12.6 Å². The molecule has 1 rings (SSSR count). The van der Waals surface area contributed by atoms with Crippen molar-refractivity contribution in [2.45, 2.75) is 25.3 Å². The highest BCUT2D eigenvalue weighted by Gasteiger charge is 2.31. The number of nitrogens with two attached hydrogens (primary N) is 1. The molecule has 0 aliphatic heterocycles. The molecule has 0 saturated heterocycles. The van der Waals surface area contributed by atoms with E-state index in [-0.39, 0.29) is 30.9 Å². The van der Waals surface area contributed by atoms with Crippen molar-refractivity contribution >= 4 is 11.8 Å². The van der Waals surface area contributed by atoms with Gasteiger partial charge >= 0.3 is 0 Å². The third kappa shape index (κ3) is 3.87. The normalized spacial score (nSPS) is 14.0. The topological polar surface area (TPSA) is 99.2 Å². The predicted molar refractivity (Wildman–Crippen MR) is 57.0 cm³/mol. The maximum atomic E-state index is 11.7. The summed E-state index contributed by atoms with van der Waals surface area (Å²) in [5, 5.41) is 10.9. The Morgan fingerprint density at radius 3 is 2.69 bits per heavy atom. The summed E-state index contributed by atoms with van der Waals surface area (Å²) in [6.45, 7) is 0.297.